The molecule has 0 bridgehead atoms. The molecule has 2 heterocycles. The number of alkyl halides is 3. The van der Waals surface area contributed by atoms with Gasteiger partial charge in [-0.15, -0.1) is 11.3 Å². The minimum atomic E-state index is -4.42. The average molecular weight is 501 g/mol. The van der Waals surface area contributed by atoms with E-state index in [1.165, 1.54) is 17.4 Å². The third-order valence-corrected chi connectivity index (χ3v) is 7.93. The highest BCUT2D eigenvalue weighted by Crippen LogP contribution is 2.40. The SMILES string of the molecule is O=C(NC1CCCCC1)c1c(N=Cc2ccc(-c3cccc(C(F)(F)F)c3)o2)sc2c1CCCC2. The van der Waals surface area contributed by atoms with E-state index in [1.54, 1.807) is 35.8 Å². The van der Waals surface area contributed by atoms with Crippen molar-refractivity contribution in [3.05, 3.63) is 63.7 Å². The number of benzene rings is 1. The van der Waals surface area contributed by atoms with Crippen molar-refractivity contribution in [1.82, 2.24) is 5.32 Å². The van der Waals surface area contributed by atoms with Crippen LogP contribution >= 0.6 is 11.3 Å². The topological polar surface area (TPSA) is 54.6 Å². The van der Waals surface area contributed by atoms with Crippen LogP contribution in [0.3, 0.4) is 0 Å². The Kier molecular flexibility index (Phi) is 6.82. The Morgan fingerprint density at radius 3 is 2.66 bits per heavy atom. The second-order valence-electron chi connectivity index (χ2n) is 9.24. The van der Waals surface area contributed by atoms with Gasteiger partial charge in [0.1, 0.15) is 16.5 Å². The van der Waals surface area contributed by atoms with E-state index in [0.717, 1.165) is 69.1 Å². The molecule has 4 nitrogen and oxygen atoms in total. The first-order chi connectivity index (χ1) is 16.9. The molecule has 184 valence electrons. The fourth-order valence-electron chi connectivity index (χ4n) is 4.93. The number of rotatable bonds is 5. The lowest BCUT2D eigenvalue weighted by Crippen LogP contribution is -2.36. The number of fused-ring (bicyclic) bond motifs is 1. The van der Waals surface area contributed by atoms with Crippen LogP contribution in [0.15, 0.2) is 45.8 Å². The lowest BCUT2D eigenvalue weighted by atomic mass is 9.93. The molecule has 5 rings (SSSR count). The standard InChI is InChI=1S/C27H27F3N2O2S/c28-27(29,30)18-8-6-7-17(15-18)22-14-13-20(34-22)16-31-26-24(21-11-4-5-12-23(21)35-26)25(33)32-19-9-2-1-3-10-19/h6-8,13-16,19H,1-5,9-12H2,(H,32,33). The van der Waals surface area contributed by atoms with Gasteiger partial charge < -0.3 is 9.73 Å². The first kappa shape index (κ1) is 23.9. The Labute approximate surface area is 206 Å². The van der Waals surface area contributed by atoms with Gasteiger partial charge in [0, 0.05) is 16.5 Å². The lowest BCUT2D eigenvalue weighted by molar-refractivity contribution is -0.137. The van der Waals surface area contributed by atoms with Crippen LogP contribution in [0.25, 0.3) is 11.3 Å². The summed E-state index contributed by atoms with van der Waals surface area (Å²) >= 11 is 1.55. The quantitative estimate of drug-likeness (QED) is 0.365. The summed E-state index contributed by atoms with van der Waals surface area (Å²) in [5, 5.41) is 3.90. The number of aryl methyl sites for hydroxylation is 1. The molecule has 1 fully saturated rings. The first-order valence-electron chi connectivity index (χ1n) is 12.2. The second-order valence-corrected chi connectivity index (χ2v) is 10.3. The molecule has 0 radical (unpaired) electrons. The van der Waals surface area contributed by atoms with Crippen molar-refractivity contribution in [2.45, 2.75) is 70.0 Å². The fourth-order valence-corrected chi connectivity index (χ4v) is 6.16. The molecule has 0 saturated heterocycles. The number of amides is 1. The third-order valence-electron chi connectivity index (χ3n) is 6.73. The van der Waals surface area contributed by atoms with Gasteiger partial charge in [-0.1, -0.05) is 31.4 Å². The zero-order valence-corrected chi connectivity index (χ0v) is 20.1. The Hall–Kier alpha value is -2.87. The number of carbonyl (C=O) groups excluding carboxylic acids is 1. The van der Waals surface area contributed by atoms with Gasteiger partial charge >= 0.3 is 6.18 Å². The number of hydrogen-bond donors (Lipinski definition) is 1. The van der Waals surface area contributed by atoms with Crippen LogP contribution in [0.1, 0.15) is 77.1 Å². The van der Waals surface area contributed by atoms with Crippen LogP contribution in [0.2, 0.25) is 0 Å². The molecule has 2 aliphatic carbocycles. The minimum Gasteiger partial charge on any atom is -0.455 e. The smallest absolute Gasteiger partial charge is 0.416 e. The van der Waals surface area contributed by atoms with Gasteiger partial charge in [-0.2, -0.15) is 13.2 Å². The van der Waals surface area contributed by atoms with Crippen LogP contribution in [0, 0.1) is 0 Å². The number of carbonyl (C=O) groups is 1. The summed E-state index contributed by atoms with van der Waals surface area (Å²) in [5.41, 5.74) is 1.42. The minimum absolute atomic E-state index is 0.0486. The Morgan fingerprint density at radius 1 is 1.06 bits per heavy atom. The third kappa shape index (κ3) is 5.37. The summed E-state index contributed by atoms with van der Waals surface area (Å²) < 4.78 is 45.0. The van der Waals surface area contributed by atoms with Gasteiger partial charge in [0.15, 0.2) is 0 Å². The van der Waals surface area contributed by atoms with E-state index < -0.39 is 11.7 Å². The molecule has 1 N–H and O–H groups in total. The Morgan fingerprint density at radius 2 is 1.86 bits per heavy atom. The van der Waals surface area contributed by atoms with Crippen LogP contribution in [-0.4, -0.2) is 18.2 Å². The van der Waals surface area contributed by atoms with Crippen molar-refractivity contribution >= 4 is 28.5 Å². The molecule has 1 saturated carbocycles. The molecule has 0 unspecified atom stereocenters. The summed E-state index contributed by atoms with van der Waals surface area (Å²) in [6.07, 6.45) is 6.69. The summed E-state index contributed by atoms with van der Waals surface area (Å²) in [5.74, 6) is 0.702. The van der Waals surface area contributed by atoms with Crippen molar-refractivity contribution < 1.29 is 22.4 Å². The van der Waals surface area contributed by atoms with E-state index in [9.17, 15) is 18.0 Å². The van der Waals surface area contributed by atoms with E-state index in [2.05, 4.69) is 10.3 Å². The summed E-state index contributed by atoms with van der Waals surface area (Å²) in [6, 6.07) is 8.57. The number of nitrogens with zero attached hydrogens (tertiary/aromatic N) is 1. The monoisotopic (exact) mass is 500 g/mol. The van der Waals surface area contributed by atoms with Crippen LogP contribution in [0.4, 0.5) is 18.2 Å². The number of nitrogens with one attached hydrogen (secondary N) is 1. The average Bonchev–Trinajstić information content (AvgIpc) is 3.47. The largest absolute Gasteiger partial charge is 0.455 e. The van der Waals surface area contributed by atoms with Crippen molar-refractivity contribution in [3.63, 3.8) is 0 Å². The van der Waals surface area contributed by atoms with Crippen molar-refractivity contribution in [2.24, 2.45) is 4.99 Å². The highest BCUT2D eigenvalue weighted by Gasteiger charge is 2.31. The van der Waals surface area contributed by atoms with Crippen molar-refractivity contribution in [2.75, 3.05) is 0 Å². The normalized spacial score (nSPS) is 17.0. The van der Waals surface area contributed by atoms with E-state index in [0.29, 0.717) is 27.6 Å². The highest BCUT2D eigenvalue weighted by atomic mass is 32.1. The molecule has 8 heteroatoms. The van der Waals surface area contributed by atoms with Crippen molar-refractivity contribution in [1.29, 1.82) is 0 Å². The second kappa shape index (κ2) is 10.0. The van der Waals surface area contributed by atoms with E-state index in [4.69, 9.17) is 4.42 Å². The van der Waals surface area contributed by atoms with Crippen LogP contribution in [-0.2, 0) is 19.0 Å². The Balaban J connectivity index is 1.39. The number of aliphatic imine (C=N–C) groups is 1. The van der Waals surface area contributed by atoms with Gasteiger partial charge in [-0.3, -0.25) is 4.79 Å². The fraction of sp³-hybridized carbons (Fsp3) is 0.407. The Bertz CT molecular complexity index is 1240. The molecule has 0 aliphatic heterocycles. The molecule has 1 amide bonds. The van der Waals surface area contributed by atoms with Gasteiger partial charge in [0.05, 0.1) is 17.3 Å². The predicted octanol–water partition coefficient (Wildman–Crippen LogP) is 7.72. The molecule has 2 aliphatic rings. The number of thiophene rings is 1. The molecule has 1 aromatic carbocycles. The predicted molar refractivity (Wildman–Crippen MR) is 132 cm³/mol. The van der Waals surface area contributed by atoms with E-state index in [-0.39, 0.29) is 11.9 Å². The van der Waals surface area contributed by atoms with E-state index >= 15 is 0 Å². The van der Waals surface area contributed by atoms with E-state index in [1.807, 2.05) is 0 Å². The van der Waals surface area contributed by atoms with Gasteiger partial charge in [-0.25, -0.2) is 4.99 Å². The van der Waals surface area contributed by atoms with Gasteiger partial charge in [0.25, 0.3) is 5.91 Å². The number of hydrogen-bond acceptors (Lipinski definition) is 4. The molecule has 2 aromatic heterocycles. The lowest BCUT2D eigenvalue weighted by Gasteiger charge is -2.23. The van der Waals surface area contributed by atoms with Gasteiger partial charge in [0.2, 0.25) is 0 Å². The van der Waals surface area contributed by atoms with Crippen LogP contribution < -0.4 is 5.32 Å². The summed E-state index contributed by atoms with van der Waals surface area (Å²) in [6.45, 7) is 0. The van der Waals surface area contributed by atoms with Gasteiger partial charge in [-0.05, 0) is 68.4 Å². The molecular weight excluding hydrogens is 473 g/mol. The molecule has 0 spiro atoms. The maximum Gasteiger partial charge on any atom is 0.416 e. The van der Waals surface area contributed by atoms with Crippen LogP contribution in [0.5, 0.6) is 0 Å². The zero-order valence-electron chi connectivity index (χ0n) is 19.3. The first-order valence-corrected chi connectivity index (χ1v) is 13.0. The zero-order chi connectivity index (χ0) is 24.4. The highest BCUT2D eigenvalue weighted by molar-refractivity contribution is 7.16. The summed E-state index contributed by atoms with van der Waals surface area (Å²) in [7, 11) is 0. The maximum absolute atomic E-state index is 13.3. The molecule has 3 aromatic rings. The number of halogens is 3. The maximum atomic E-state index is 13.3. The summed E-state index contributed by atoms with van der Waals surface area (Å²) in [4.78, 5) is 19.1. The number of furan rings is 1. The molecule has 0 atom stereocenters. The molecule has 35 heavy (non-hydrogen) atoms. The molecular formula is C27H27F3N2O2S. The van der Waals surface area contributed by atoms with Crippen molar-refractivity contribution in [3.8, 4) is 11.3 Å².